The van der Waals surface area contributed by atoms with E-state index in [1.807, 2.05) is 0 Å². The average Bonchev–Trinajstić information content (AvgIpc) is 2.98. The quantitative estimate of drug-likeness (QED) is 0.561. The molecule has 0 aromatic heterocycles. The van der Waals surface area contributed by atoms with E-state index in [9.17, 15) is 0 Å². The first-order valence-electron chi connectivity index (χ1n) is 7.21. The Labute approximate surface area is 107 Å². The Kier molecular flexibility index (Phi) is 7.82. The molecule has 1 rings (SSSR count). The van der Waals surface area contributed by atoms with Gasteiger partial charge in [0, 0.05) is 32.8 Å². The Balaban J connectivity index is 1.77. The van der Waals surface area contributed by atoms with Crippen LogP contribution in [0.2, 0.25) is 0 Å². The molecule has 0 amide bonds. The van der Waals surface area contributed by atoms with Crippen LogP contribution in [0.15, 0.2) is 0 Å². The molecule has 0 aromatic carbocycles. The molecule has 102 valence electrons. The van der Waals surface area contributed by atoms with E-state index in [2.05, 4.69) is 31.1 Å². The minimum Gasteiger partial charge on any atom is -0.382 e. The Hall–Kier alpha value is -0.120. The highest BCUT2D eigenvalue weighted by Gasteiger charge is 2.32. The highest BCUT2D eigenvalue weighted by Crippen LogP contribution is 2.37. The second-order valence-electron chi connectivity index (χ2n) is 5.39. The molecule has 3 nitrogen and oxygen atoms in total. The van der Waals surface area contributed by atoms with Gasteiger partial charge in [-0.25, -0.2) is 0 Å². The van der Waals surface area contributed by atoms with Gasteiger partial charge in [0.2, 0.25) is 0 Å². The van der Waals surface area contributed by atoms with Crippen molar-refractivity contribution in [1.29, 1.82) is 0 Å². The number of unbranched alkanes of at least 4 members (excludes halogenated alkanes) is 1. The number of likely N-dealkylation sites (N-methyl/N-ethyl adjacent to an activating group) is 1. The molecule has 1 aliphatic rings. The fourth-order valence-corrected chi connectivity index (χ4v) is 2.14. The summed E-state index contributed by atoms with van der Waals surface area (Å²) in [6.45, 7) is 10.9. The Bertz CT molecular complexity index is 187. The van der Waals surface area contributed by atoms with Gasteiger partial charge in [-0.15, -0.1) is 0 Å². The van der Waals surface area contributed by atoms with Gasteiger partial charge in [0.1, 0.15) is 0 Å². The average molecular weight is 242 g/mol. The van der Waals surface area contributed by atoms with Gasteiger partial charge < -0.3 is 15.0 Å². The number of nitrogens with one attached hydrogen (secondary N) is 1. The molecular weight excluding hydrogens is 212 g/mol. The summed E-state index contributed by atoms with van der Waals surface area (Å²) in [5, 5.41) is 3.50. The van der Waals surface area contributed by atoms with Gasteiger partial charge in [-0.3, -0.25) is 0 Å². The van der Waals surface area contributed by atoms with E-state index in [4.69, 9.17) is 4.74 Å². The van der Waals surface area contributed by atoms with Gasteiger partial charge >= 0.3 is 0 Å². The summed E-state index contributed by atoms with van der Waals surface area (Å²) < 4.78 is 5.30. The maximum absolute atomic E-state index is 5.30. The van der Waals surface area contributed by atoms with Crippen molar-refractivity contribution in [3.05, 3.63) is 0 Å². The first-order valence-corrected chi connectivity index (χ1v) is 7.21. The van der Waals surface area contributed by atoms with E-state index < -0.39 is 0 Å². The van der Waals surface area contributed by atoms with Crippen molar-refractivity contribution in [2.75, 3.05) is 46.4 Å². The lowest BCUT2D eigenvalue weighted by Gasteiger charge is -2.16. The SMILES string of the molecule is CCOCCCCNCCN(C)CC1CC1C. The summed E-state index contributed by atoms with van der Waals surface area (Å²) in [7, 11) is 2.24. The number of rotatable bonds is 11. The minimum atomic E-state index is 0.845. The van der Waals surface area contributed by atoms with E-state index in [0.717, 1.165) is 38.1 Å². The van der Waals surface area contributed by atoms with Crippen LogP contribution < -0.4 is 5.32 Å². The molecule has 0 radical (unpaired) electrons. The number of nitrogens with zero attached hydrogens (tertiary/aromatic N) is 1. The molecule has 3 heteroatoms. The van der Waals surface area contributed by atoms with Gasteiger partial charge in [-0.1, -0.05) is 6.92 Å². The van der Waals surface area contributed by atoms with E-state index in [0.29, 0.717) is 0 Å². The van der Waals surface area contributed by atoms with Crippen LogP contribution in [0.1, 0.15) is 33.1 Å². The number of ether oxygens (including phenoxy) is 1. The predicted octanol–water partition coefficient (Wildman–Crippen LogP) is 1.98. The zero-order valence-electron chi connectivity index (χ0n) is 11.9. The fourth-order valence-electron chi connectivity index (χ4n) is 2.14. The van der Waals surface area contributed by atoms with Gasteiger partial charge in [0.15, 0.2) is 0 Å². The molecule has 2 unspecified atom stereocenters. The number of hydrogen-bond acceptors (Lipinski definition) is 3. The zero-order chi connectivity index (χ0) is 12.5. The monoisotopic (exact) mass is 242 g/mol. The maximum Gasteiger partial charge on any atom is 0.0466 e. The summed E-state index contributed by atoms with van der Waals surface area (Å²) in [6.07, 6.45) is 3.84. The first kappa shape index (κ1) is 14.9. The van der Waals surface area contributed by atoms with E-state index >= 15 is 0 Å². The molecule has 0 aliphatic heterocycles. The van der Waals surface area contributed by atoms with Crippen LogP contribution in [0, 0.1) is 11.8 Å². The maximum atomic E-state index is 5.30. The molecule has 1 aliphatic carbocycles. The van der Waals surface area contributed by atoms with Gasteiger partial charge in [0.05, 0.1) is 0 Å². The lowest BCUT2D eigenvalue weighted by atomic mass is 10.3. The van der Waals surface area contributed by atoms with Crippen molar-refractivity contribution >= 4 is 0 Å². The summed E-state index contributed by atoms with van der Waals surface area (Å²) in [5.41, 5.74) is 0. The van der Waals surface area contributed by atoms with Crippen molar-refractivity contribution in [3.63, 3.8) is 0 Å². The molecular formula is C14H30N2O. The first-order chi connectivity index (χ1) is 8.24. The predicted molar refractivity (Wildman–Crippen MR) is 73.4 cm³/mol. The van der Waals surface area contributed by atoms with Crippen molar-refractivity contribution < 1.29 is 4.74 Å². The normalized spacial score (nSPS) is 23.3. The largest absolute Gasteiger partial charge is 0.382 e. The molecule has 1 N–H and O–H groups in total. The molecule has 0 aromatic rings. The van der Waals surface area contributed by atoms with Crippen molar-refractivity contribution in [2.45, 2.75) is 33.1 Å². The highest BCUT2D eigenvalue weighted by atomic mass is 16.5. The molecule has 17 heavy (non-hydrogen) atoms. The van der Waals surface area contributed by atoms with E-state index in [-0.39, 0.29) is 0 Å². The second kappa shape index (κ2) is 8.90. The third kappa shape index (κ3) is 7.74. The van der Waals surface area contributed by atoms with Gasteiger partial charge in [0.25, 0.3) is 0 Å². The van der Waals surface area contributed by atoms with Crippen LogP contribution in [0.25, 0.3) is 0 Å². The van der Waals surface area contributed by atoms with Crippen molar-refractivity contribution in [1.82, 2.24) is 10.2 Å². The zero-order valence-corrected chi connectivity index (χ0v) is 11.9. The smallest absolute Gasteiger partial charge is 0.0466 e. The van der Waals surface area contributed by atoms with Crippen LogP contribution in [0.3, 0.4) is 0 Å². The topological polar surface area (TPSA) is 24.5 Å². The molecule has 1 fully saturated rings. The fraction of sp³-hybridized carbons (Fsp3) is 1.00. The van der Waals surface area contributed by atoms with Crippen LogP contribution in [0.5, 0.6) is 0 Å². The molecule has 0 saturated heterocycles. The molecule has 0 spiro atoms. The third-order valence-electron chi connectivity index (χ3n) is 3.59. The Morgan fingerprint density at radius 2 is 2.06 bits per heavy atom. The minimum absolute atomic E-state index is 0.845. The van der Waals surface area contributed by atoms with Crippen LogP contribution >= 0.6 is 0 Å². The molecule has 2 atom stereocenters. The summed E-state index contributed by atoms with van der Waals surface area (Å²) in [5.74, 6) is 1.95. The lowest BCUT2D eigenvalue weighted by molar-refractivity contribution is 0.143. The van der Waals surface area contributed by atoms with Gasteiger partial charge in [-0.05, 0) is 51.6 Å². The summed E-state index contributed by atoms with van der Waals surface area (Å²) >= 11 is 0. The molecule has 0 bridgehead atoms. The Morgan fingerprint density at radius 1 is 1.29 bits per heavy atom. The standard InChI is InChI=1S/C14H30N2O/c1-4-17-10-6-5-7-15-8-9-16(3)12-14-11-13(14)2/h13-15H,4-12H2,1-3H3. The summed E-state index contributed by atoms with van der Waals surface area (Å²) in [6, 6.07) is 0. The van der Waals surface area contributed by atoms with Crippen LogP contribution in [-0.4, -0.2) is 51.3 Å². The molecule has 1 saturated carbocycles. The second-order valence-corrected chi connectivity index (χ2v) is 5.39. The van der Waals surface area contributed by atoms with Crippen LogP contribution in [0.4, 0.5) is 0 Å². The number of hydrogen-bond donors (Lipinski definition) is 1. The van der Waals surface area contributed by atoms with Gasteiger partial charge in [-0.2, -0.15) is 0 Å². The van der Waals surface area contributed by atoms with Crippen molar-refractivity contribution in [2.24, 2.45) is 11.8 Å². The highest BCUT2D eigenvalue weighted by molar-refractivity contribution is 4.84. The Morgan fingerprint density at radius 3 is 2.71 bits per heavy atom. The summed E-state index contributed by atoms with van der Waals surface area (Å²) in [4.78, 5) is 2.46. The van der Waals surface area contributed by atoms with Crippen LogP contribution in [-0.2, 0) is 4.74 Å². The van der Waals surface area contributed by atoms with E-state index in [1.165, 1.54) is 32.4 Å². The lowest BCUT2D eigenvalue weighted by Crippen LogP contribution is -2.31. The van der Waals surface area contributed by atoms with E-state index in [1.54, 1.807) is 0 Å². The molecule has 0 heterocycles. The van der Waals surface area contributed by atoms with Crippen molar-refractivity contribution in [3.8, 4) is 0 Å². The third-order valence-corrected chi connectivity index (χ3v) is 3.59.